The Balaban J connectivity index is 0.000000604. The number of rotatable bonds is 7. The number of fused-ring (bicyclic) bond motifs is 1. The van der Waals surface area contributed by atoms with Crippen molar-refractivity contribution < 1.29 is 42.5 Å². The van der Waals surface area contributed by atoms with Crippen LogP contribution in [0.15, 0.2) is 30.3 Å². The van der Waals surface area contributed by atoms with Gasteiger partial charge in [-0.1, -0.05) is 33.8 Å². The van der Waals surface area contributed by atoms with Gasteiger partial charge in [-0.25, -0.2) is 14.6 Å². The molecule has 9 nitrogen and oxygen atoms in total. The van der Waals surface area contributed by atoms with Crippen molar-refractivity contribution in [2.24, 2.45) is 0 Å². The number of amidine groups is 1. The molecule has 1 aliphatic heterocycles. The normalized spacial score (nSPS) is 12.9. The van der Waals surface area contributed by atoms with Crippen molar-refractivity contribution in [2.45, 2.75) is 52.3 Å². The number of alkyl halides is 3. The molecule has 0 unspecified atom stereocenters. The minimum absolute atomic E-state index is 0.0789. The van der Waals surface area contributed by atoms with E-state index in [4.69, 9.17) is 25.2 Å². The maximum Gasteiger partial charge on any atom is 0.490 e. The number of carboxylic acids is 2. The van der Waals surface area contributed by atoms with Gasteiger partial charge in [-0.3, -0.25) is 10.2 Å². The van der Waals surface area contributed by atoms with E-state index in [1.54, 1.807) is 23.1 Å². The molecule has 0 radical (unpaired) electrons. The molecule has 1 aromatic carbocycles. The van der Waals surface area contributed by atoms with E-state index in [1.807, 2.05) is 39.8 Å². The van der Waals surface area contributed by atoms with Gasteiger partial charge in [0.15, 0.2) is 12.4 Å². The fourth-order valence-corrected chi connectivity index (χ4v) is 3.45. The number of ketones is 1. The lowest BCUT2D eigenvalue weighted by atomic mass is 9.85. The highest BCUT2D eigenvalue weighted by molar-refractivity contribution is 6.04. The first kappa shape index (κ1) is 29.3. The Labute approximate surface area is 211 Å². The number of pyridine rings is 1. The number of ether oxygens (including phenoxy) is 1. The zero-order valence-electron chi connectivity index (χ0n) is 20.8. The number of halogens is 3. The van der Waals surface area contributed by atoms with Gasteiger partial charge < -0.3 is 19.8 Å². The Kier molecular flexibility index (Phi) is 9.02. The summed E-state index contributed by atoms with van der Waals surface area (Å²) in [5.41, 5.74) is 3.48. The van der Waals surface area contributed by atoms with Crippen molar-refractivity contribution in [1.29, 1.82) is 5.41 Å². The van der Waals surface area contributed by atoms with Crippen LogP contribution in [0.5, 0.6) is 5.75 Å². The van der Waals surface area contributed by atoms with Crippen LogP contribution in [0.1, 0.15) is 60.6 Å². The van der Waals surface area contributed by atoms with Gasteiger partial charge in [0.25, 0.3) is 0 Å². The first-order chi connectivity index (χ1) is 17.0. The van der Waals surface area contributed by atoms with Gasteiger partial charge in [0.05, 0.1) is 6.54 Å². The molecule has 0 saturated heterocycles. The van der Waals surface area contributed by atoms with Gasteiger partial charge in [0.2, 0.25) is 0 Å². The van der Waals surface area contributed by atoms with E-state index in [-0.39, 0.29) is 23.6 Å². The highest BCUT2D eigenvalue weighted by Crippen LogP contribution is 2.33. The van der Waals surface area contributed by atoms with Crippen LogP contribution >= 0.6 is 0 Å². The first-order valence-electron chi connectivity index (χ1n) is 11.2. The summed E-state index contributed by atoms with van der Waals surface area (Å²) in [7, 11) is 0. The monoisotopic (exact) mass is 523 g/mol. The van der Waals surface area contributed by atoms with Gasteiger partial charge in [-0.15, -0.1) is 0 Å². The molecule has 3 rings (SSSR count). The van der Waals surface area contributed by atoms with E-state index >= 15 is 0 Å². The van der Waals surface area contributed by atoms with Gasteiger partial charge >= 0.3 is 18.1 Å². The van der Waals surface area contributed by atoms with E-state index < -0.39 is 24.7 Å². The summed E-state index contributed by atoms with van der Waals surface area (Å²) in [5, 5.41) is 24.4. The molecule has 0 fully saturated rings. The predicted octanol–water partition coefficient (Wildman–Crippen LogP) is 4.06. The molecule has 0 spiro atoms. The van der Waals surface area contributed by atoms with E-state index in [1.165, 1.54) is 0 Å². The minimum atomic E-state index is -5.08. The Morgan fingerprint density at radius 1 is 1.11 bits per heavy atom. The zero-order chi connectivity index (χ0) is 28.1. The average Bonchev–Trinajstić information content (AvgIpc) is 3.11. The number of Topliss-reactive ketones (excluding diaryl/α,β-unsaturated/α-hetero) is 1. The largest absolute Gasteiger partial charge is 0.490 e. The third-order valence-electron chi connectivity index (χ3n) is 5.34. The van der Waals surface area contributed by atoms with Crippen LogP contribution in [-0.4, -0.2) is 63.0 Å². The summed E-state index contributed by atoms with van der Waals surface area (Å²) < 4.78 is 37.1. The summed E-state index contributed by atoms with van der Waals surface area (Å²) in [6, 6.07) is 9.00. The molecule has 200 valence electrons. The fraction of sp³-hybridized carbons (Fsp3) is 0.400. The van der Waals surface area contributed by atoms with Crippen LogP contribution in [-0.2, 0) is 28.0 Å². The Bertz CT molecular complexity index is 1210. The lowest BCUT2D eigenvalue weighted by molar-refractivity contribution is -0.192. The quantitative estimate of drug-likeness (QED) is 0.462. The van der Waals surface area contributed by atoms with E-state index in [2.05, 4.69) is 4.98 Å². The number of aliphatic carboxylic acids is 2. The van der Waals surface area contributed by atoms with Crippen LogP contribution in [0.2, 0.25) is 0 Å². The maximum atomic E-state index is 13.0. The zero-order valence-corrected chi connectivity index (χ0v) is 20.8. The minimum Gasteiger partial charge on any atom is -0.482 e. The molecule has 2 aromatic rings. The number of hydrogen-bond acceptors (Lipinski definition) is 6. The van der Waals surface area contributed by atoms with Crippen molar-refractivity contribution in [2.75, 3.05) is 13.2 Å². The van der Waals surface area contributed by atoms with Crippen molar-refractivity contribution >= 4 is 23.6 Å². The van der Waals surface area contributed by atoms with Crippen LogP contribution in [0.3, 0.4) is 0 Å². The molecule has 1 aromatic heterocycles. The van der Waals surface area contributed by atoms with Crippen molar-refractivity contribution in [3.05, 3.63) is 58.4 Å². The SMILES string of the molecule is CCc1ccc2c(n1)C(=N)N(CC(=O)c1ccc(OCC(=O)O)c(C(C)(C)C)c1)C2.O=C(O)C(F)(F)F. The topological polar surface area (TPSA) is 141 Å². The second-order valence-electron chi connectivity index (χ2n) is 9.24. The van der Waals surface area contributed by atoms with E-state index in [9.17, 15) is 22.8 Å². The molecule has 0 saturated carbocycles. The number of hydrogen-bond donors (Lipinski definition) is 3. The lowest BCUT2D eigenvalue weighted by Gasteiger charge is -2.24. The molecule has 2 heterocycles. The molecule has 12 heteroatoms. The smallest absolute Gasteiger partial charge is 0.482 e. The number of nitrogens with zero attached hydrogens (tertiary/aromatic N) is 2. The number of aromatic nitrogens is 1. The lowest BCUT2D eigenvalue weighted by Crippen LogP contribution is -2.30. The van der Waals surface area contributed by atoms with Crippen molar-refractivity contribution in [1.82, 2.24) is 9.88 Å². The number of carbonyl (C=O) groups excluding carboxylic acids is 1. The van der Waals surface area contributed by atoms with Crippen LogP contribution in [0, 0.1) is 5.41 Å². The van der Waals surface area contributed by atoms with Gasteiger partial charge in [0, 0.05) is 28.9 Å². The maximum absolute atomic E-state index is 13.0. The van der Waals surface area contributed by atoms with Crippen molar-refractivity contribution in [3.8, 4) is 5.75 Å². The van der Waals surface area contributed by atoms with Gasteiger partial charge in [-0.2, -0.15) is 13.2 Å². The second kappa shape index (κ2) is 11.4. The highest BCUT2D eigenvalue weighted by atomic mass is 19.4. The third-order valence-corrected chi connectivity index (χ3v) is 5.34. The fourth-order valence-electron chi connectivity index (χ4n) is 3.45. The molecular formula is C25H28F3N3O6. The average molecular weight is 524 g/mol. The number of carbonyl (C=O) groups is 3. The molecule has 0 atom stereocenters. The Hall–Kier alpha value is -3.96. The van der Waals surface area contributed by atoms with Crippen LogP contribution in [0.4, 0.5) is 13.2 Å². The number of nitrogens with one attached hydrogen (secondary N) is 1. The standard InChI is InChI=1S/C23H27N3O4.C2HF3O2/c1-5-16-8-6-15-11-26(22(24)21(15)25-16)12-18(27)14-7-9-19(30-13-20(28)29)17(10-14)23(2,3)4;3-2(4,5)1(6)7/h6-10,24H,5,11-13H2,1-4H3,(H,28,29);(H,6,7). The summed E-state index contributed by atoms with van der Waals surface area (Å²) in [5.74, 6) is -3.20. The van der Waals surface area contributed by atoms with Crippen LogP contribution in [0.25, 0.3) is 0 Å². The molecule has 3 N–H and O–H groups in total. The second-order valence-corrected chi connectivity index (χ2v) is 9.24. The first-order valence-corrected chi connectivity index (χ1v) is 11.2. The number of carboxylic acid groups (broad SMARTS) is 2. The molecular weight excluding hydrogens is 495 g/mol. The Morgan fingerprint density at radius 3 is 2.24 bits per heavy atom. The summed E-state index contributed by atoms with van der Waals surface area (Å²) in [6.07, 6.45) is -4.29. The number of benzene rings is 1. The molecule has 37 heavy (non-hydrogen) atoms. The van der Waals surface area contributed by atoms with E-state index in [0.717, 1.165) is 23.2 Å². The summed E-state index contributed by atoms with van der Waals surface area (Å²) in [6.45, 7) is 8.09. The van der Waals surface area contributed by atoms with E-state index in [0.29, 0.717) is 23.6 Å². The molecule has 0 bridgehead atoms. The highest BCUT2D eigenvalue weighted by Gasteiger charge is 2.38. The van der Waals surface area contributed by atoms with Crippen molar-refractivity contribution in [3.63, 3.8) is 0 Å². The van der Waals surface area contributed by atoms with Crippen LogP contribution < -0.4 is 4.74 Å². The molecule has 1 aliphatic rings. The summed E-state index contributed by atoms with van der Waals surface area (Å²) >= 11 is 0. The molecule has 0 amide bonds. The summed E-state index contributed by atoms with van der Waals surface area (Å²) in [4.78, 5) is 39.0. The Morgan fingerprint density at radius 2 is 1.73 bits per heavy atom. The predicted molar refractivity (Wildman–Crippen MR) is 127 cm³/mol. The van der Waals surface area contributed by atoms with Gasteiger partial charge in [-0.05, 0) is 36.1 Å². The third kappa shape index (κ3) is 7.76. The number of aryl methyl sites for hydroxylation is 1. The van der Waals surface area contributed by atoms with Gasteiger partial charge in [0.1, 0.15) is 17.3 Å². The molecule has 0 aliphatic carbocycles.